The fourth-order valence-corrected chi connectivity index (χ4v) is 3.92. The summed E-state index contributed by atoms with van der Waals surface area (Å²) >= 11 is 0. The molecule has 0 saturated carbocycles. The summed E-state index contributed by atoms with van der Waals surface area (Å²) in [5.41, 5.74) is 0.580. The Balaban J connectivity index is 1.91. The Morgan fingerprint density at radius 2 is 1.71 bits per heavy atom. The van der Waals surface area contributed by atoms with E-state index in [1.165, 1.54) is 13.2 Å². The van der Waals surface area contributed by atoms with E-state index in [0.29, 0.717) is 16.9 Å². The molecule has 9 nitrogen and oxygen atoms in total. The maximum atomic E-state index is 13.5. The minimum absolute atomic E-state index is 0.0117. The molecule has 1 aliphatic heterocycles. The Bertz CT molecular complexity index is 1440. The van der Waals surface area contributed by atoms with Gasteiger partial charge in [-0.3, -0.25) is 14.2 Å². The van der Waals surface area contributed by atoms with Crippen molar-refractivity contribution in [1.29, 1.82) is 0 Å². The number of hydrogen-bond acceptors (Lipinski definition) is 6. The molecule has 34 heavy (non-hydrogen) atoms. The number of amides is 1. The van der Waals surface area contributed by atoms with Crippen molar-refractivity contribution in [3.05, 3.63) is 95.2 Å². The molecule has 0 aliphatic carbocycles. The second-order valence-corrected chi connectivity index (χ2v) is 8.63. The number of carboxylic acid groups (broad SMARTS) is 1. The molecule has 1 amide bonds. The van der Waals surface area contributed by atoms with Crippen LogP contribution in [-0.2, 0) is 14.9 Å². The number of carboxylic acids is 1. The number of methoxy groups -OCH3 is 1. The standard InChI is InChI=1S/C24H18N2O7S/c1-33-17-9-7-15(8-10-17)13-20-23(27)26(22(25-20)16-5-3-2-4-6-16)21-14-18(34(30,31)32)11-12-19(21)24(28)29/h2-14H,1H3,(H,28,29)(H,30,31,32)/b20-13-. The first-order valence-electron chi connectivity index (χ1n) is 9.88. The molecule has 0 fully saturated rings. The lowest BCUT2D eigenvalue weighted by atomic mass is 10.1. The van der Waals surface area contributed by atoms with Crippen LogP contribution in [0.25, 0.3) is 6.08 Å². The van der Waals surface area contributed by atoms with Crippen LogP contribution in [0.4, 0.5) is 5.69 Å². The Hall–Kier alpha value is -4.28. The second kappa shape index (κ2) is 8.93. The molecule has 0 radical (unpaired) electrons. The fourth-order valence-electron chi connectivity index (χ4n) is 3.42. The van der Waals surface area contributed by atoms with E-state index in [1.54, 1.807) is 54.6 Å². The number of nitrogens with zero attached hydrogens (tertiary/aromatic N) is 2. The molecule has 172 valence electrons. The zero-order valence-corrected chi connectivity index (χ0v) is 18.6. The third kappa shape index (κ3) is 4.45. The third-order valence-electron chi connectivity index (χ3n) is 5.05. The molecule has 0 saturated heterocycles. The van der Waals surface area contributed by atoms with Gasteiger partial charge in [-0.2, -0.15) is 8.42 Å². The summed E-state index contributed by atoms with van der Waals surface area (Å²) in [7, 11) is -3.13. The van der Waals surface area contributed by atoms with Crippen LogP contribution >= 0.6 is 0 Å². The van der Waals surface area contributed by atoms with Gasteiger partial charge < -0.3 is 9.84 Å². The molecular weight excluding hydrogens is 460 g/mol. The van der Waals surface area contributed by atoms with Crippen molar-refractivity contribution in [2.24, 2.45) is 4.99 Å². The van der Waals surface area contributed by atoms with Gasteiger partial charge in [-0.15, -0.1) is 0 Å². The van der Waals surface area contributed by atoms with Gasteiger partial charge >= 0.3 is 5.97 Å². The summed E-state index contributed by atoms with van der Waals surface area (Å²) in [5.74, 6) is -1.31. The highest BCUT2D eigenvalue weighted by molar-refractivity contribution is 7.85. The first kappa shape index (κ1) is 22.9. The number of rotatable bonds is 6. The van der Waals surface area contributed by atoms with Crippen LogP contribution in [-0.4, -0.2) is 42.9 Å². The highest BCUT2D eigenvalue weighted by atomic mass is 32.2. The Kier molecular flexibility index (Phi) is 6.01. The first-order chi connectivity index (χ1) is 16.2. The average molecular weight is 478 g/mol. The SMILES string of the molecule is COc1ccc(/C=C2\N=C(c3ccccc3)N(c3cc(S(=O)(=O)O)ccc3C(=O)O)C2=O)cc1. The van der Waals surface area contributed by atoms with Crippen molar-refractivity contribution in [3.8, 4) is 5.75 Å². The summed E-state index contributed by atoms with van der Waals surface area (Å²) in [6.45, 7) is 0. The number of carbonyl (C=O) groups is 2. The van der Waals surface area contributed by atoms with Crippen molar-refractivity contribution in [2.45, 2.75) is 4.90 Å². The number of ether oxygens (including phenoxy) is 1. The molecule has 0 bridgehead atoms. The molecule has 3 aromatic rings. The van der Waals surface area contributed by atoms with E-state index in [9.17, 15) is 27.7 Å². The molecule has 0 spiro atoms. The highest BCUT2D eigenvalue weighted by Gasteiger charge is 2.35. The number of carbonyl (C=O) groups excluding carboxylic acids is 1. The zero-order valence-electron chi connectivity index (χ0n) is 17.7. The number of amidine groups is 1. The normalized spacial score (nSPS) is 14.9. The van der Waals surface area contributed by atoms with Gasteiger partial charge in [-0.05, 0) is 42.0 Å². The van der Waals surface area contributed by atoms with Gasteiger partial charge in [0.2, 0.25) is 0 Å². The summed E-state index contributed by atoms with van der Waals surface area (Å²) in [5, 5.41) is 9.70. The lowest BCUT2D eigenvalue weighted by Crippen LogP contribution is -2.34. The predicted octanol–water partition coefficient (Wildman–Crippen LogP) is 3.47. The van der Waals surface area contributed by atoms with Crippen molar-refractivity contribution >= 4 is 39.6 Å². The monoisotopic (exact) mass is 478 g/mol. The zero-order chi connectivity index (χ0) is 24.5. The van der Waals surface area contributed by atoms with Crippen LogP contribution in [0.15, 0.2) is 88.4 Å². The first-order valence-corrected chi connectivity index (χ1v) is 11.3. The van der Waals surface area contributed by atoms with Crippen molar-refractivity contribution in [2.75, 3.05) is 12.0 Å². The predicted molar refractivity (Wildman–Crippen MR) is 125 cm³/mol. The average Bonchev–Trinajstić information content (AvgIpc) is 3.14. The number of aliphatic imine (C=N–C) groups is 1. The molecule has 10 heteroatoms. The number of benzene rings is 3. The van der Waals surface area contributed by atoms with Gasteiger partial charge in [0.1, 0.15) is 17.3 Å². The van der Waals surface area contributed by atoms with Crippen molar-refractivity contribution in [1.82, 2.24) is 0 Å². The van der Waals surface area contributed by atoms with Gasteiger partial charge in [-0.1, -0.05) is 42.5 Å². The minimum Gasteiger partial charge on any atom is -0.497 e. The van der Waals surface area contributed by atoms with Crippen LogP contribution in [0.1, 0.15) is 21.5 Å². The van der Waals surface area contributed by atoms with Crippen LogP contribution in [0.5, 0.6) is 5.75 Å². The lowest BCUT2D eigenvalue weighted by molar-refractivity contribution is -0.113. The summed E-state index contributed by atoms with van der Waals surface area (Å²) in [6.07, 6.45) is 1.53. The van der Waals surface area contributed by atoms with E-state index in [0.717, 1.165) is 23.1 Å². The van der Waals surface area contributed by atoms with E-state index in [2.05, 4.69) is 4.99 Å². The molecule has 4 rings (SSSR count). The van der Waals surface area contributed by atoms with E-state index in [1.807, 2.05) is 0 Å². The third-order valence-corrected chi connectivity index (χ3v) is 5.90. The smallest absolute Gasteiger partial charge is 0.337 e. The van der Waals surface area contributed by atoms with Crippen LogP contribution in [0.3, 0.4) is 0 Å². The van der Waals surface area contributed by atoms with E-state index in [-0.39, 0.29) is 22.8 Å². The van der Waals surface area contributed by atoms with Gasteiger partial charge in [0.25, 0.3) is 16.0 Å². The molecule has 0 atom stereocenters. The van der Waals surface area contributed by atoms with E-state index >= 15 is 0 Å². The molecule has 3 aromatic carbocycles. The highest BCUT2D eigenvalue weighted by Crippen LogP contribution is 2.32. The minimum atomic E-state index is -4.66. The Morgan fingerprint density at radius 3 is 2.29 bits per heavy atom. The largest absolute Gasteiger partial charge is 0.497 e. The van der Waals surface area contributed by atoms with Gasteiger partial charge in [-0.25, -0.2) is 9.79 Å². The summed E-state index contributed by atoms with van der Waals surface area (Å²) < 4.78 is 38.1. The van der Waals surface area contributed by atoms with Crippen LogP contribution in [0.2, 0.25) is 0 Å². The molecule has 0 aromatic heterocycles. The number of aromatic carboxylic acids is 1. The lowest BCUT2D eigenvalue weighted by Gasteiger charge is -2.21. The Morgan fingerprint density at radius 1 is 1.03 bits per heavy atom. The molecule has 0 unspecified atom stereocenters. The molecule has 1 heterocycles. The number of anilines is 1. The van der Waals surface area contributed by atoms with Crippen LogP contribution in [0, 0.1) is 0 Å². The van der Waals surface area contributed by atoms with Crippen molar-refractivity contribution in [3.63, 3.8) is 0 Å². The van der Waals surface area contributed by atoms with Gasteiger partial charge in [0.15, 0.2) is 0 Å². The molecule has 2 N–H and O–H groups in total. The van der Waals surface area contributed by atoms with Gasteiger partial charge in [0.05, 0.1) is 23.3 Å². The quantitative estimate of drug-likeness (QED) is 0.409. The van der Waals surface area contributed by atoms with E-state index < -0.39 is 26.9 Å². The second-order valence-electron chi connectivity index (χ2n) is 7.20. The van der Waals surface area contributed by atoms with E-state index in [4.69, 9.17) is 4.74 Å². The maximum absolute atomic E-state index is 13.5. The maximum Gasteiger partial charge on any atom is 0.337 e. The van der Waals surface area contributed by atoms with Crippen LogP contribution < -0.4 is 9.64 Å². The van der Waals surface area contributed by atoms with Gasteiger partial charge in [0, 0.05) is 5.56 Å². The summed E-state index contributed by atoms with van der Waals surface area (Å²) in [6, 6.07) is 18.3. The Labute approximate surface area is 195 Å². The topological polar surface area (TPSA) is 134 Å². The van der Waals surface area contributed by atoms with Crippen molar-refractivity contribution < 1.29 is 32.4 Å². The fraction of sp³-hybridized carbons (Fsp3) is 0.0417. The molecular formula is C24H18N2O7S. The summed E-state index contributed by atoms with van der Waals surface area (Å²) in [4.78, 5) is 30.3. The molecule has 1 aliphatic rings. The number of hydrogen-bond donors (Lipinski definition) is 2.